The Hall–Kier alpha value is -1.10. The molecule has 0 spiro atoms. The molecule has 1 aromatic rings. The van der Waals surface area contributed by atoms with Crippen molar-refractivity contribution >= 4 is 0 Å². The van der Waals surface area contributed by atoms with E-state index in [-0.39, 0.29) is 11.5 Å². The van der Waals surface area contributed by atoms with Gasteiger partial charge in [0.05, 0.1) is 6.04 Å². The molecular weight excluding hydrogens is 176 g/mol. The van der Waals surface area contributed by atoms with Crippen molar-refractivity contribution in [3.8, 4) is 0 Å². The third-order valence-corrected chi connectivity index (χ3v) is 1.52. The van der Waals surface area contributed by atoms with Crippen molar-refractivity contribution in [1.29, 1.82) is 0 Å². The van der Waals surface area contributed by atoms with Crippen LogP contribution in [-0.4, -0.2) is 9.97 Å². The maximum atomic E-state index is 12.3. The summed E-state index contributed by atoms with van der Waals surface area (Å²) >= 11 is 0. The van der Waals surface area contributed by atoms with Crippen LogP contribution in [0, 0.1) is 6.92 Å². The molecule has 0 aliphatic carbocycles. The molecule has 1 unspecified atom stereocenters. The molecule has 2 N–H and O–H groups in total. The average Bonchev–Trinajstić information content (AvgIpc) is 2.03. The van der Waals surface area contributed by atoms with Crippen LogP contribution >= 0.6 is 0 Å². The topological polar surface area (TPSA) is 51.8 Å². The van der Waals surface area contributed by atoms with Gasteiger partial charge >= 0.3 is 0 Å². The van der Waals surface area contributed by atoms with Crippen LogP contribution in [-0.2, 0) is 0 Å². The molecule has 13 heavy (non-hydrogen) atoms. The number of halogens is 2. The highest BCUT2D eigenvalue weighted by molar-refractivity contribution is 5.12. The van der Waals surface area contributed by atoms with Gasteiger partial charge in [0.15, 0.2) is 0 Å². The van der Waals surface area contributed by atoms with E-state index < -0.39 is 12.5 Å². The predicted molar refractivity (Wildman–Crippen MR) is 44.3 cm³/mol. The van der Waals surface area contributed by atoms with Crippen molar-refractivity contribution < 1.29 is 8.78 Å². The Kier molecular flexibility index (Phi) is 2.87. The SMILES string of the molecule is Cc1cc(C(F)F)nc(C(C)N)n1. The second kappa shape index (κ2) is 3.74. The van der Waals surface area contributed by atoms with E-state index in [0.717, 1.165) is 0 Å². The van der Waals surface area contributed by atoms with E-state index in [2.05, 4.69) is 9.97 Å². The maximum absolute atomic E-state index is 12.3. The largest absolute Gasteiger partial charge is 0.322 e. The summed E-state index contributed by atoms with van der Waals surface area (Å²) in [5.74, 6) is 0.260. The lowest BCUT2D eigenvalue weighted by Gasteiger charge is -2.07. The highest BCUT2D eigenvalue weighted by atomic mass is 19.3. The smallest absolute Gasteiger partial charge is 0.280 e. The van der Waals surface area contributed by atoms with Gasteiger partial charge in [-0.05, 0) is 19.9 Å². The number of nitrogens with zero attached hydrogens (tertiary/aromatic N) is 2. The molecular formula is C8H11F2N3. The Balaban J connectivity index is 3.11. The first-order valence-electron chi connectivity index (χ1n) is 3.90. The first-order chi connectivity index (χ1) is 6.00. The van der Waals surface area contributed by atoms with E-state index in [1.165, 1.54) is 6.07 Å². The van der Waals surface area contributed by atoms with Gasteiger partial charge in [-0.1, -0.05) is 0 Å². The van der Waals surface area contributed by atoms with Gasteiger partial charge in [-0.15, -0.1) is 0 Å². The lowest BCUT2D eigenvalue weighted by molar-refractivity contribution is 0.145. The summed E-state index contributed by atoms with van der Waals surface area (Å²) in [6.45, 7) is 3.30. The van der Waals surface area contributed by atoms with Crippen molar-refractivity contribution in [2.24, 2.45) is 5.73 Å². The minimum Gasteiger partial charge on any atom is -0.322 e. The maximum Gasteiger partial charge on any atom is 0.280 e. The van der Waals surface area contributed by atoms with Gasteiger partial charge in [0.1, 0.15) is 11.5 Å². The van der Waals surface area contributed by atoms with Gasteiger partial charge in [-0.25, -0.2) is 18.7 Å². The zero-order valence-electron chi connectivity index (χ0n) is 7.46. The number of nitrogens with two attached hydrogens (primary N) is 1. The number of aryl methyl sites for hydroxylation is 1. The standard InChI is InChI=1S/C8H11F2N3/c1-4-3-6(7(9)10)13-8(12-4)5(2)11/h3,5,7H,11H2,1-2H3. The van der Waals surface area contributed by atoms with Crippen LogP contribution in [0.15, 0.2) is 6.07 Å². The summed E-state index contributed by atoms with van der Waals surface area (Å²) in [6, 6.07) is 0.841. The quantitative estimate of drug-likeness (QED) is 0.767. The van der Waals surface area contributed by atoms with Crippen LogP contribution in [0.25, 0.3) is 0 Å². The zero-order valence-corrected chi connectivity index (χ0v) is 7.46. The Morgan fingerprint density at radius 3 is 2.46 bits per heavy atom. The van der Waals surface area contributed by atoms with Gasteiger partial charge < -0.3 is 5.73 Å². The summed E-state index contributed by atoms with van der Waals surface area (Å²) in [7, 11) is 0. The molecule has 0 saturated carbocycles. The van der Waals surface area contributed by atoms with E-state index in [0.29, 0.717) is 5.69 Å². The van der Waals surface area contributed by atoms with Crippen molar-refractivity contribution in [1.82, 2.24) is 9.97 Å². The number of aromatic nitrogens is 2. The number of hydrogen-bond donors (Lipinski definition) is 1. The third kappa shape index (κ3) is 2.42. The monoisotopic (exact) mass is 187 g/mol. The molecule has 1 aromatic heterocycles. The fourth-order valence-corrected chi connectivity index (χ4v) is 0.932. The van der Waals surface area contributed by atoms with Crippen molar-refractivity contribution in [2.45, 2.75) is 26.3 Å². The molecule has 0 fully saturated rings. The summed E-state index contributed by atoms with van der Waals surface area (Å²) in [4.78, 5) is 7.59. The molecule has 0 bridgehead atoms. The van der Waals surface area contributed by atoms with Crippen LogP contribution in [0.2, 0.25) is 0 Å². The van der Waals surface area contributed by atoms with Gasteiger partial charge in [0.2, 0.25) is 0 Å². The third-order valence-electron chi connectivity index (χ3n) is 1.52. The highest BCUT2D eigenvalue weighted by Gasteiger charge is 2.12. The van der Waals surface area contributed by atoms with E-state index in [4.69, 9.17) is 5.73 Å². The number of hydrogen-bond acceptors (Lipinski definition) is 3. The molecule has 1 atom stereocenters. The second-order valence-electron chi connectivity index (χ2n) is 2.88. The first kappa shape index (κ1) is 9.98. The molecule has 3 nitrogen and oxygen atoms in total. The summed E-state index contributed by atoms with van der Waals surface area (Å²) in [5, 5.41) is 0. The minimum atomic E-state index is -2.57. The molecule has 5 heteroatoms. The Morgan fingerprint density at radius 2 is 2.00 bits per heavy atom. The van der Waals surface area contributed by atoms with E-state index in [1.807, 2.05) is 0 Å². The van der Waals surface area contributed by atoms with Gasteiger partial charge in [-0.3, -0.25) is 0 Å². The first-order valence-corrected chi connectivity index (χ1v) is 3.90. The molecule has 0 aliphatic heterocycles. The Bertz CT molecular complexity index is 273. The lowest BCUT2D eigenvalue weighted by atomic mass is 10.3. The fourth-order valence-electron chi connectivity index (χ4n) is 0.932. The van der Waals surface area contributed by atoms with E-state index in [1.54, 1.807) is 13.8 Å². The molecule has 0 aromatic carbocycles. The molecule has 0 aliphatic rings. The Morgan fingerprint density at radius 1 is 1.38 bits per heavy atom. The van der Waals surface area contributed by atoms with Crippen LogP contribution in [0.5, 0.6) is 0 Å². The number of rotatable bonds is 2. The summed E-state index contributed by atoms with van der Waals surface area (Å²) in [6.07, 6.45) is -2.57. The minimum absolute atomic E-state index is 0.260. The second-order valence-corrected chi connectivity index (χ2v) is 2.88. The lowest BCUT2D eigenvalue weighted by Crippen LogP contribution is -2.12. The van der Waals surface area contributed by atoms with E-state index in [9.17, 15) is 8.78 Å². The van der Waals surface area contributed by atoms with Crippen molar-refractivity contribution in [3.05, 3.63) is 23.3 Å². The number of alkyl halides is 2. The molecule has 1 heterocycles. The normalized spacial score (nSPS) is 13.4. The van der Waals surface area contributed by atoms with Crippen molar-refractivity contribution in [2.75, 3.05) is 0 Å². The van der Waals surface area contributed by atoms with E-state index >= 15 is 0 Å². The molecule has 0 radical (unpaired) electrons. The summed E-state index contributed by atoms with van der Waals surface area (Å²) in [5.41, 5.74) is 5.73. The van der Waals surface area contributed by atoms with Crippen molar-refractivity contribution in [3.63, 3.8) is 0 Å². The molecule has 0 saturated heterocycles. The van der Waals surface area contributed by atoms with Gasteiger partial charge in [0, 0.05) is 5.69 Å². The fraction of sp³-hybridized carbons (Fsp3) is 0.500. The molecule has 72 valence electrons. The zero-order chi connectivity index (χ0) is 10.0. The molecule has 0 amide bonds. The van der Waals surface area contributed by atoms with Gasteiger partial charge in [-0.2, -0.15) is 0 Å². The van der Waals surface area contributed by atoms with Crippen LogP contribution in [0.1, 0.15) is 36.6 Å². The average molecular weight is 187 g/mol. The van der Waals surface area contributed by atoms with Crippen LogP contribution in [0.3, 0.4) is 0 Å². The van der Waals surface area contributed by atoms with Gasteiger partial charge in [0.25, 0.3) is 6.43 Å². The van der Waals surface area contributed by atoms with Crippen LogP contribution < -0.4 is 5.73 Å². The Labute approximate surface area is 75.0 Å². The molecule has 1 rings (SSSR count). The van der Waals surface area contributed by atoms with Crippen LogP contribution in [0.4, 0.5) is 8.78 Å². The predicted octanol–water partition coefficient (Wildman–Crippen LogP) is 1.74. The summed E-state index contributed by atoms with van der Waals surface area (Å²) < 4.78 is 24.5. The highest BCUT2D eigenvalue weighted by Crippen LogP contribution is 2.18.